The Morgan fingerprint density at radius 3 is 1.78 bits per heavy atom. The first kappa shape index (κ1) is 15.7. The van der Waals surface area contributed by atoms with Gasteiger partial charge in [-0.2, -0.15) is 0 Å². The van der Waals surface area contributed by atoms with E-state index in [1.807, 2.05) is 12.1 Å². The maximum absolute atomic E-state index is 11.4. The van der Waals surface area contributed by atoms with Crippen LogP contribution < -0.4 is 5.14 Å². The number of nitrogens with two attached hydrogens (primary N) is 1. The lowest BCUT2D eigenvalue weighted by atomic mass is 9.94. The van der Waals surface area contributed by atoms with E-state index in [0.717, 1.165) is 24.0 Å². The van der Waals surface area contributed by atoms with Gasteiger partial charge in [-0.15, -0.1) is 0 Å². The molecule has 0 fully saturated rings. The number of hydrogen-bond donors (Lipinski definition) is 1. The summed E-state index contributed by atoms with van der Waals surface area (Å²) in [7, 11) is -3.65. The molecule has 0 bridgehead atoms. The molecule has 3 nitrogen and oxygen atoms in total. The van der Waals surface area contributed by atoms with Gasteiger partial charge in [0, 0.05) is 0 Å². The quantitative estimate of drug-likeness (QED) is 0.930. The fourth-order valence-electron chi connectivity index (χ4n) is 2.81. The summed E-state index contributed by atoms with van der Waals surface area (Å²) in [5.74, 6) is 0. The third kappa shape index (κ3) is 3.28. The summed E-state index contributed by atoms with van der Waals surface area (Å²) in [4.78, 5) is 0.137. The SMILES string of the molecule is CCc1ccc(C2=CCC=C2c2ccc(S(N)(=O)=O)cc2)cc1. The summed E-state index contributed by atoms with van der Waals surface area (Å²) in [6.07, 6.45) is 6.27. The second-order valence-corrected chi connectivity index (χ2v) is 7.15. The van der Waals surface area contributed by atoms with Crippen LogP contribution in [0.1, 0.15) is 30.0 Å². The van der Waals surface area contributed by atoms with Crippen molar-refractivity contribution in [1.82, 2.24) is 0 Å². The van der Waals surface area contributed by atoms with Crippen molar-refractivity contribution in [2.24, 2.45) is 5.14 Å². The van der Waals surface area contributed by atoms with E-state index in [0.29, 0.717) is 0 Å². The zero-order valence-electron chi connectivity index (χ0n) is 13.0. The average molecular weight is 325 g/mol. The van der Waals surface area contributed by atoms with Gasteiger partial charge in [-0.25, -0.2) is 13.6 Å². The Balaban J connectivity index is 1.92. The normalized spacial score (nSPS) is 14.5. The molecule has 0 unspecified atom stereocenters. The zero-order chi connectivity index (χ0) is 16.4. The Bertz CT molecular complexity index is 874. The third-order valence-corrected chi connectivity index (χ3v) is 5.03. The molecule has 2 aromatic carbocycles. The fraction of sp³-hybridized carbons (Fsp3) is 0.158. The van der Waals surface area contributed by atoms with Gasteiger partial charge in [0.1, 0.15) is 0 Å². The van der Waals surface area contributed by atoms with E-state index in [1.54, 1.807) is 12.1 Å². The molecule has 3 rings (SSSR count). The number of rotatable bonds is 4. The van der Waals surface area contributed by atoms with E-state index < -0.39 is 10.0 Å². The molecule has 0 saturated heterocycles. The first-order valence-corrected chi connectivity index (χ1v) is 9.17. The number of primary sulfonamides is 1. The van der Waals surface area contributed by atoms with Gasteiger partial charge >= 0.3 is 0 Å². The summed E-state index contributed by atoms with van der Waals surface area (Å²) in [5, 5.41) is 5.15. The summed E-state index contributed by atoms with van der Waals surface area (Å²) < 4.78 is 22.7. The molecular weight excluding hydrogens is 306 g/mol. The Morgan fingerprint density at radius 1 is 0.870 bits per heavy atom. The lowest BCUT2D eigenvalue weighted by Crippen LogP contribution is -2.11. The van der Waals surface area contributed by atoms with Gasteiger partial charge in [-0.3, -0.25) is 0 Å². The predicted octanol–water partition coefficient (Wildman–Crippen LogP) is 3.77. The molecule has 2 aromatic rings. The van der Waals surface area contributed by atoms with Crippen LogP contribution in [0.2, 0.25) is 0 Å². The molecule has 0 saturated carbocycles. The van der Waals surface area contributed by atoms with Crippen LogP contribution in [0, 0.1) is 0 Å². The van der Waals surface area contributed by atoms with Crippen LogP contribution in [0.15, 0.2) is 65.6 Å². The number of allylic oxidation sites excluding steroid dienone is 4. The van der Waals surface area contributed by atoms with Crippen LogP contribution in [0.25, 0.3) is 11.1 Å². The van der Waals surface area contributed by atoms with Crippen molar-refractivity contribution in [2.45, 2.75) is 24.7 Å². The van der Waals surface area contributed by atoms with Crippen molar-refractivity contribution in [3.05, 3.63) is 77.4 Å². The topological polar surface area (TPSA) is 60.2 Å². The van der Waals surface area contributed by atoms with E-state index in [1.165, 1.54) is 16.7 Å². The number of aryl methyl sites for hydroxylation is 1. The molecule has 0 amide bonds. The molecule has 0 heterocycles. The highest BCUT2D eigenvalue weighted by atomic mass is 32.2. The molecule has 118 valence electrons. The van der Waals surface area contributed by atoms with Crippen molar-refractivity contribution in [3.63, 3.8) is 0 Å². The van der Waals surface area contributed by atoms with E-state index in [-0.39, 0.29) is 4.90 Å². The second kappa shape index (κ2) is 6.14. The lowest BCUT2D eigenvalue weighted by molar-refractivity contribution is 0.598. The van der Waals surface area contributed by atoms with Crippen LogP contribution >= 0.6 is 0 Å². The average Bonchev–Trinajstić information content (AvgIpc) is 3.04. The minimum atomic E-state index is -3.65. The van der Waals surface area contributed by atoms with Crippen LogP contribution in [0.4, 0.5) is 0 Å². The highest BCUT2D eigenvalue weighted by molar-refractivity contribution is 7.89. The predicted molar refractivity (Wildman–Crippen MR) is 94.2 cm³/mol. The third-order valence-electron chi connectivity index (χ3n) is 4.10. The number of hydrogen-bond acceptors (Lipinski definition) is 2. The van der Waals surface area contributed by atoms with Crippen molar-refractivity contribution < 1.29 is 8.42 Å². The van der Waals surface area contributed by atoms with Crippen LogP contribution in [0.3, 0.4) is 0 Å². The van der Waals surface area contributed by atoms with Gasteiger partial charge in [0.05, 0.1) is 4.90 Å². The summed E-state index contributed by atoms with van der Waals surface area (Å²) in [5.41, 5.74) is 5.82. The largest absolute Gasteiger partial charge is 0.238 e. The van der Waals surface area contributed by atoms with E-state index in [2.05, 4.69) is 43.3 Å². The first-order valence-electron chi connectivity index (χ1n) is 7.62. The maximum atomic E-state index is 11.4. The van der Waals surface area contributed by atoms with Gasteiger partial charge in [0.15, 0.2) is 0 Å². The molecule has 23 heavy (non-hydrogen) atoms. The van der Waals surface area contributed by atoms with Crippen LogP contribution in [-0.2, 0) is 16.4 Å². The summed E-state index contributed by atoms with van der Waals surface area (Å²) in [6.45, 7) is 2.14. The molecule has 0 radical (unpaired) electrons. The van der Waals surface area contributed by atoms with Crippen molar-refractivity contribution in [3.8, 4) is 0 Å². The van der Waals surface area contributed by atoms with Gasteiger partial charge in [0.25, 0.3) is 0 Å². The molecule has 2 N–H and O–H groups in total. The van der Waals surface area contributed by atoms with Crippen LogP contribution in [-0.4, -0.2) is 8.42 Å². The van der Waals surface area contributed by atoms with Crippen LogP contribution in [0.5, 0.6) is 0 Å². The summed E-state index contributed by atoms with van der Waals surface area (Å²) in [6, 6.07) is 15.3. The van der Waals surface area contributed by atoms with Gasteiger partial charge in [-0.1, -0.05) is 55.5 Å². The smallest absolute Gasteiger partial charge is 0.225 e. The Hall–Kier alpha value is -2.17. The molecule has 1 aliphatic carbocycles. The van der Waals surface area contributed by atoms with Gasteiger partial charge < -0.3 is 0 Å². The molecule has 1 aliphatic rings. The first-order chi connectivity index (χ1) is 11.0. The monoisotopic (exact) mass is 325 g/mol. The minimum Gasteiger partial charge on any atom is -0.225 e. The lowest BCUT2D eigenvalue weighted by Gasteiger charge is -2.11. The van der Waals surface area contributed by atoms with E-state index in [4.69, 9.17) is 5.14 Å². The van der Waals surface area contributed by atoms with Gasteiger partial charge in [0.2, 0.25) is 10.0 Å². The van der Waals surface area contributed by atoms with E-state index >= 15 is 0 Å². The van der Waals surface area contributed by atoms with Crippen molar-refractivity contribution in [1.29, 1.82) is 0 Å². The Labute approximate surface area is 137 Å². The van der Waals surface area contributed by atoms with Gasteiger partial charge in [-0.05, 0) is 52.8 Å². The Kier molecular flexibility index (Phi) is 4.20. The molecule has 0 spiro atoms. The Morgan fingerprint density at radius 2 is 1.35 bits per heavy atom. The van der Waals surface area contributed by atoms with E-state index in [9.17, 15) is 8.42 Å². The second-order valence-electron chi connectivity index (χ2n) is 5.59. The minimum absolute atomic E-state index is 0.137. The van der Waals surface area contributed by atoms with Crippen molar-refractivity contribution >= 4 is 21.2 Å². The highest BCUT2D eigenvalue weighted by Gasteiger charge is 2.15. The number of sulfonamides is 1. The molecule has 0 aromatic heterocycles. The standard InChI is InChI=1S/C19H19NO2S/c1-2-14-6-8-15(9-7-14)18-4-3-5-19(18)16-10-12-17(13-11-16)23(20,21)22/h4-13H,2-3H2,1H3,(H2,20,21,22). The molecule has 0 atom stereocenters. The number of benzene rings is 2. The molecular formula is C19H19NO2S. The van der Waals surface area contributed by atoms with Crippen molar-refractivity contribution in [2.75, 3.05) is 0 Å². The molecule has 0 aliphatic heterocycles. The summed E-state index contributed by atoms with van der Waals surface area (Å²) >= 11 is 0. The fourth-order valence-corrected chi connectivity index (χ4v) is 3.32. The highest BCUT2D eigenvalue weighted by Crippen LogP contribution is 2.36. The maximum Gasteiger partial charge on any atom is 0.238 e. The molecule has 4 heteroatoms. The zero-order valence-corrected chi connectivity index (χ0v) is 13.8.